The van der Waals surface area contributed by atoms with Crippen LogP contribution in [-0.2, 0) is 6.42 Å². The topological polar surface area (TPSA) is 49.8 Å². The molecule has 1 aliphatic rings. The van der Waals surface area contributed by atoms with Crippen molar-refractivity contribution in [2.45, 2.75) is 19.4 Å². The molecule has 0 fully saturated rings. The first-order valence-corrected chi connectivity index (χ1v) is 5.21. The standard InChI is InChI=1S/C12H15NO3/c1-7-4-8-5-11(16-3)10(14)6-9(8)12(15)13(7)2/h5-7,14H,4H2,1-3H3. The van der Waals surface area contributed by atoms with Gasteiger partial charge in [0.2, 0.25) is 0 Å². The summed E-state index contributed by atoms with van der Waals surface area (Å²) in [7, 11) is 3.28. The molecular formula is C12H15NO3. The van der Waals surface area contributed by atoms with Crippen LogP contribution in [0.4, 0.5) is 0 Å². The van der Waals surface area contributed by atoms with Crippen LogP contribution in [0.5, 0.6) is 11.5 Å². The highest BCUT2D eigenvalue weighted by molar-refractivity contribution is 5.97. The number of hydrogen-bond donors (Lipinski definition) is 1. The van der Waals surface area contributed by atoms with Gasteiger partial charge >= 0.3 is 0 Å². The molecule has 1 N–H and O–H groups in total. The zero-order chi connectivity index (χ0) is 11.9. The number of benzene rings is 1. The van der Waals surface area contributed by atoms with Crippen molar-refractivity contribution >= 4 is 5.91 Å². The largest absolute Gasteiger partial charge is 0.504 e. The number of aromatic hydroxyl groups is 1. The van der Waals surface area contributed by atoms with Crippen molar-refractivity contribution in [1.29, 1.82) is 0 Å². The average molecular weight is 221 g/mol. The first-order valence-electron chi connectivity index (χ1n) is 5.21. The Balaban J connectivity index is 2.53. The molecule has 0 bridgehead atoms. The second kappa shape index (κ2) is 3.70. The molecule has 0 saturated heterocycles. The number of likely N-dealkylation sites (N-methyl/N-ethyl adjacent to an activating group) is 1. The predicted molar refractivity (Wildman–Crippen MR) is 59.9 cm³/mol. The van der Waals surface area contributed by atoms with Crippen molar-refractivity contribution in [3.05, 3.63) is 23.3 Å². The van der Waals surface area contributed by atoms with Gasteiger partial charge in [-0.25, -0.2) is 0 Å². The van der Waals surface area contributed by atoms with Crippen LogP contribution in [0.15, 0.2) is 12.1 Å². The molecule has 0 spiro atoms. The van der Waals surface area contributed by atoms with Crippen LogP contribution < -0.4 is 4.74 Å². The predicted octanol–water partition coefficient (Wildman–Crippen LogP) is 1.42. The number of rotatable bonds is 1. The Labute approximate surface area is 94.4 Å². The molecule has 0 radical (unpaired) electrons. The zero-order valence-electron chi connectivity index (χ0n) is 9.65. The van der Waals surface area contributed by atoms with Crippen molar-refractivity contribution in [2.24, 2.45) is 0 Å². The van der Waals surface area contributed by atoms with E-state index in [0.29, 0.717) is 11.3 Å². The Kier molecular flexibility index (Phi) is 2.50. The maximum atomic E-state index is 12.0. The highest BCUT2D eigenvalue weighted by atomic mass is 16.5. The lowest BCUT2D eigenvalue weighted by Crippen LogP contribution is -2.41. The number of fused-ring (bicyclic) bond motifs is 1. The Morgan fingerprint density at radius 3 is 2.81 bits per heavy atom. The van der Waals surface area contributed by atoms with E-state index >= 15 is 0 Å². The van der Waals surface area contributed by atoms with Gasteiger partial charge in [-0.15, -0.1) is 0 Å². The lowest BCUT2D eigenvalue weighted by atomic mass is 9.94. The quantitative estimate of drug-likeness (QED) is 0.780. The van der Waals surface area contributed by atoms with E-state index in [0.717, 1.165) is 12.0 Å². The van der Waals surface area contributed by atoms with E-state index in [1.807, 2.05) is 6.92 Å². The molecule has 0 aromatic heterocycles. The van der Waals surface area contributed by atoms with E-state index in [-0.39, 0.29) is 17.7 Å². The minimum Gasteiger partial charge on any atom is -0.504 e. The van der Waals surface area contributed by atoms with Gasteiger partial charge in [0.15, 0.2) is 11.5 Å². The summed E-state index contributed by atoms with van der Waals surface area (Å²) in [5.41, 5.74) is 1.50. The second-order valence-electron chi connectivity index (χ2n) is 4.15. The van der Waals surface area contributed by atoms with Gasteiger partial charge in [0.05, 0.1) is 7.11 Å². The molecule has 1 aromatic rings. The van der Waals surface area contributed by atoms with Gasteiger partial charge in [0, 0.05) is 18.7 Å². The van der Waals surface area contributed by atoms with Crippen molar-refractivity contribution in [1.82, 2.24) is 4.90 Å². The molecule has 0 saturated carbocycles. The Hall–Kier alpha value is -1.71. The van der Waals surface area contributed by atoms with E-state index in [1.54, 1.807) is 18.0 Å². The van der Waals surface area contributed by atoms with Crippen molar-refractivity contribution in [3.63, 3.8) is 0 Å². The van der Waals surface area contributed by atoms with E-state index in [4.69, 9.17) is 4.74 Å². The molecule has 1 aromatic carbocycles. The van der Waals surface area contributed by atoms with Crippen molar-refractivity contribution in [2.75, 3.05) is 14.2 Å². The second-order valence-corrected chi connectivity index (χ2v) is 4.15. The number of phenols is 1. The summed E-state index contributed by atoms with van der Waals surface area (Å²) in [5, 5.41) is 9.64. The van der Waals surface area contributed by atoms with Crippen LogP contribution in [-0.4, -0.2) is 36.1 Å². The summed E-state index contributed by atoms with van der Waals surface area (Å²) in [6, 6.07) is 3.40. The molecule has 2 rings (SSSR count). The van der Waals surface area contributed by atoms with Crippen LogP contribution in [0.3, 0.4) is 0 Å². The van der Waals surface area contributed by atoms with Gasteiger partial charge in [-0.05, 0) is 31.0 Å². The third kappa shape index (κ3) is 1.50. The number of phenolic OH excluding ortho intramolecular Hbond substituents is 1. The monoisotopic (exact) mass is 221 g/mol. The number of hydrogen-bond acceptors (Lipinski definition) is 3. The molecule has 1 unspecified atom stereocenters. The molecule has 1 heterocycles. The summed E-state index contributed by atoms with van der Waals surface area (Å²) < 4.78 is 5.03. The van der Waals surface area contributed by atoms with Crippen LogP contribution in [0.2, 0.25) is 0 Å². The molecular weight excluding hydrogens is 206 g/mol. The van der Waals surface area contributed by atoms with Crippen molar-refractivity contribution < 1.29 is 14.6 Å². The summed E-state index contributed by atoms with van der Waals surface area (Å²) in [4.78, 5) is 13.6. The molecule has 1 atom stereocenters. The Bertz CT molecular complexity index is 442. The number of methoxy groups -OCH3 is 1. The molecule has 1 amide bonds. The van der Waals surface area contributed by atoms with Gasteiger partial charge < -0.3 is 14.7 Å². The lowest BCUT2D eigenvalue weighted by Gasteiger charge is -2.31. The molecule has 86 valence electrons. The minimum atomic E-state index is -0.0493. The number of amides is 1. The summed E-state index contributed by atoms with van der Waals surface area (Å²) in [6.45, 7) is 2.00. The molecule has 4 nitrogen and oxygen atoms in total. The summed E-state index contributed by atoms with van der Waals surface area (Å²) in [5.74, 6) is 0.382. The zero-order valence-corrected chi connectivity index (χ0v) is 9.65. The highest BCUT2D eigenvalue weighted by Crippen LogP contribution is 2.33. The molecule has 0 aliphatic carbocycles. The maximum absolute atomic E-state index is 12.0. The van der Waals surface area contributed by atoms with Gasteiger partial charge in [0.25, 0.3) is 5.91 Å². The van der Waals surface area contributed by atoms with Crippen LogP contribution >= 0.6 is 0 Å². The first-order chi connectivity index (χ1) is 7.54. The molecule has 16 heavy (non-hydrogen) atoms. The summed E-state index contributed by atoms with van der Waals surface area (Å²) >= 11 is 0. The highest BCUT2D eigenvalue weighted by Gasteiger charge is 2.28. The van der Waals surface area contributed by atoms with E-state index < -0.39 is 0 Å². The molecule has 1 aliphatic heterocycles. The van der Waals surface area contributed by atoms with Gasteiger partial charge in [-0.3, -0.25) is 4.79 Å². The minimum absolute atomic E-state index is 0.0116. The summed E-state index contributed by atoms with van der Waals surface area (Å²) in [6.07, 6.45) is 0.786. The number of carbonyl (C=O) groups is 1. The SMILES string of the molecule is COc1cc2c(cc1O)C(=O)N(C)C(C)C2. The van der Waals surface area contributed by atoms with Crippen LogP contribution in [0.25, 0.3) is 0 Å². The maximum Gasteiger partial charge on any atom is 0.254 e. The lowest BCUT2D eigenvalue weighted by molar-refractivity contribution is 0.0720. The van der Waals surface area contributed by atoms with Crippen LogP contribution in [0, 0.1) is 0 Å². The molecule has 4 heteroatoms. The number of nitrogens with zero attached hydrogens (tertiary/aromatic N) is 1. The fraction of sp³-hybridized carbons (Fsp3) is 0.417. The average Bonchev–Trinajstić information content (AvgIpc) is 2.27. The first kappa shape index (κ1) is 10.8. The smallest absolute Gasteiger partial charge is 0.254 e. The third-order valence-corrected chi connectivity index (χ3v) is 3.13. The normalized spacial score (nSPS) is 19.6. The van der Waals surface area contributed by atoms with E-state index in [1.165, 1.54) is 13.2 Å². The fourth-order valence-electron chi connectivity index (χ4n) is 1.99. The van der Waals surface area contributed by atoms with E-state index in [2.05, 4.69) is 0 Å². The third-order valence-electron chi connectivity index (χ3n) is 3.13. The Morgan fingerprint density at radius 2 is 2.19 bits per heavy atom. The Morgan fingerprint density at radius 1 is 1.50 bits per heavy atom. The van der Waals surface area contributed by atoms with Crippen molar-refractivity contribution in [3.8, 4) is 11.5 Å². The van der Waals surface area contributed by atoms with E-state index in [9.17, 15) is 9.90 Å². The van der Waals surface area contributed by atoms with Gasteiger partial charge in [-0.1, -0.05) is 0 Å². The van der Waals surface area contributed by atoms with Crippen LogP contribution in [0.1, 0.15) is 22.8 Å². The van der Waals surface area contributed by atoms with Gasteiger partial charge in [-0.2, -0.15) is 0 Å². The van der Waals surface area contributed by atoms with Gasteiger partial charge in [0.1, 0.15) is 0 Å². The number of ether oxygens (including phenoxy) is 1. The fourth-order valence-corrected chi connectivity index (χ4v) is 1.99. The number of carbonyl (C=O) groups excluding carboxylic acids is 1.